The van der Waals surface area contributed by atoms with Crippen molar-refractivity contribution in [2.24, 2.45) is 4.40 Å². The number of ether oxygens (including phenoxy) is 3. The van der Waals surface area contributed by atoms with Crippen LogP contribution in [0.5, 0.6) is 17.2 Å². The van der Waals surface area contributed by atoms with E-state index < -0.39 is 15.9 Å². The average molecular weight is 405 g/mol. The van der Waals surface area contributed by atoms with Gasteiger partial charge in [0, 0.05) is 18.2 Å². The van der Waals surface area contributed by atoms with Gasteiger partial charge in [-0.2, -0.15) is 8.42 Å². The molecule has 10 heteroatoms. The number of nitrogens with zero attached hydrogens (tertiary/aromatic N) is 2. The minimum absolute atomic E-state index is 0.0684. The molecular formula is C18H19N3O6S. The van der Waals surface area contributed by atoms with Crippen LogP contribution in [-0.2, 0) is 10.0 Å². The highest BCUT2D eigenvalue weighted by molar-refractivity contribution is 7.90. The van der Waals surface area contributed by atoms with Crippen molar-refractivity contribution in [1.29, 1.82) is 0 Å². The van der Waals surface area contributed by atoms with Crippen molar-refractivity contribution in [3.63, 3.8) is 0 Å². The number of hydrazine groups is 1. The maximum absolute atomic E-state index is 12.8. The number of carbonyl (C=O) groups is 1. The number of methoxy groups -OCH3 is 3. The first-order valence-electron chi connectivity index (χ1n) is 8.11. The molecule has 0 saturated heterocycles. The van der Waals surface area contributed by atoms with Gasteiger partial charge in [-0.05, 0) is 24.3 Å². The SMILES string of the molecule is COc1cc(C(=O)N(C)NC2=NS(=O)(=O)c3ccccc32)cc(OC)c1OC. The zero-order chi connectivity index (χ0) is 20.5. The molecular weight excluding hydrogens is 386 g/mol. The summed E-state index contributed by atoms with van der Waals surface area (Å²) in [6.45, 7) is 0. The lowest BCUT2D eigenvalue weighted by Crippen LogP contribution is -2.43. The maximum atomic E-state index is 12.8. The normalized spacial score (nSPS) is 13.9. The second-order valence-electron chi connectivity index (χ2n) is 5.80. The van der Waals surface area contributed by atoms with Crippen LogP contribution in [0.4, 0.5) is 0 Å². The van der Waals surface area contributed by atoms with Crippen LogP contribution in [0.2, 0.25) is 0 Å². The summed E-state index contributed by atoms with van der Waals surface area (Å²) in [5.74, 6) is 0.620. The van der Waals surface area contributed by atoms with Crippen molar-refractivity contribution in [2.45, 2.75) is 4.90 Å². The number of benzene rings is 2. The minimum atomic E-state index is -3.79. The Morgan fingerprint density at radius 3 is 2.21 bits per heavy atom. The van der Waals surface area contributed by atoms with E-state index in [9.17, 15) is 13.2 Å². The van der Waals surface area contributed by atoms with E-state index in [1.54, 1.807) is 18.2 Å². The molecule has 0 aliphatic carbocycles. The predicted octanol–water partition coefficient (Wildman–Crippen LogP) is 1.44. The number of carbonyl (C=O) groups excluding carboxylic acids is 1. The second-order valence-corrected chi connectivity index (χ2v) is 7.37. The van der Waals surface area contributed by atoms with E-state index in [0.29, 0.717) is 22.8 Å². The van der Waals surface area contributed by atoms with E-state index >= 15 is 0 Å². The third-order valence-corrected chi connectivity index (χ3v) is 5.46. The van der Waals surface area contributed by atoms with Gasteiger partial charge in [0.25, 0.3) is 15.9 Å². The third kappa shape index (κ3) is 3.33. The highest BCUT2D eigenvalue weighted by atomic mass is 32.2. The number of sulfonamides is 1. The van der Waals surface area contributed by atoms with Crippen molar-refractivity contribution in [3.8, 4) is 17.2 Å². The van der Waals surface area contributed by atoms with Crippen LogP contribution in [0.1, 0.15) is 15.9 Å². The molecule has 0 aromatic heterocycles. The summed E-state index contributed by atoms with van der Waals surface area (Å²) in [6.07, 6.45) is 0. The van der Waals surface area contributed by atoms with E-state index in [-0.39, 0.29) is 16.3 Å². The van der Waals surface area contributed by atoms with Crippen molar-refractivity contribution >= 4 is 21.8 Å². The lowest BCUT2D eigenvalue weighted by Gasteiger charge is -2.21. The number of amidine groups is 1. The zero-order valence-electron chi connectivity index (χ0n) is 15.7. The molecule has 0 bridgehead atoms. The Hall–Kier alpha value is -3.27. The van der Waals surface area contributed by atoms with Crippen molar-refractivity contribution in [3.05, 3.63) is 47.5 Å². The summed E-state index contributed by atoms with van der Waals surface area (Å²) < 4.78 is 43.8. The molecule has 1 aliphatic heterocycles. The summed E-state index contributed by atoms with van der Waals surface area (Å²) in [6, 6.07) is 9.39. The van der Waals surface area contributed by atoms with Crippen LogP contribution < -0.4 is 19.6 Å². The molecule has 0 atom stereocenters. The van der Waals surface area contributed by atoms with Crippen LogP contribution in [0.25, 0.3) is 0 Å². The van der Waals surface area contributed by atoms with E-state index in [4.69, 9.17) is 14.2 Å². The molecule has 28 heavy (non-hydrogen) atoms. The molecule has 2 aromatic rings. The van der Waals surface area contributed by atoms with Gasteiger partial charge in [-0.15, -0.1) is 4.40 Å². The molecule has 3 rings (SSSR count). The van der Waals surface area contributed by atoms with Crippen LogP contribution in [0.3, 0.4) is 0 Å². The predicted molar refractivity (Wildman–Crippen MR) is 101 cm³/mol. The fourth-order valence-corrected chi connectivity index (χ4v) is 3.97. The lowest BCUT2D eigenvalue weighted by atomic mass is 10.1. The maximum Gasteiger partial charge on any atom is 0.285 e. The molecule has 0 unspecified atom stereocenters. The molecule has 1 N–H and O–H groups in total. The molecule has 0 spiro atoms. The first-order chi connectivity index (χ1) is 13.3. The number of hydrogen-bond acceptors (Lipinski definition) is 7. The second kappa shape index (κ2) is 7.39. The number of hydrogen-bond donors (Lipinski definition) is 1. The number of fused-ring (bicyclic) bond motifs is 1. The fraction of sp³-hybridized carbons (Fsp3) is 0.222. The van der Waals surface area contributed by atoms with E-state index in [1.165, 1.54) is 46.6 Å². The highest BCUT2D eigenvalue weighted by Crippen LogP contribution is 2.38. The van der Waals surface area contributed by atoms with Gasteiger partial charge in [0.1, 0.15) is 4.90 Å². The first kappa shape index (κ1) is 19.5. The first-order valence-corrected chi connectivity index (χ1v) is 9.55. The highest BCUT2D eigenvalue weighted by Gasteiger charge is 2.30. The molecule has 1 aliphatic rings. The minimum Gasteiger partial charge on any atom is -0.493 e. The van der Waals surface area contributed by atoms with Crippen molar-refractivity contribution in [2.75, 3.05) is 28.4 Å². The van der Waals surface area contributed by atoms with Gasteiger partial charge in [0.15, 0.2) is 17.3 Å². The van der Waals surface area contributed by atoms with Gasteiger partial charge < -0.3 is 14.2 Å². The number of nitrogens with one attached hydrogen (secondary N) is 1. The lowest BCUT2D eigenvalue weighted by molar-refractivity contribution is 0.0758. The van der Waals surface area contributed by atoms with Gasteiger partial charge in [-0.1, -0.05) is 12.1 Å². The smallest absolute Gasteiger partial charge is 0.285 e. The molecule has 0 saturated carbocycles. The Labute approximate surface area is 162 Å². The van der Waals surface area contributed by atoms with E-state index in [0.717, 1.165) is 5.01 Å². The standard InChI is InChI=1S/C18H19N3O6S/c1-21(19-17-12-7-5-6-8-15(12)28(23,24)20-17)18(22)11-9-13(25-2)16(27-4)14(10-11)26-3/h5-10H,1-4H3,(H,19,20). The van der Waals surface area contributed by atoms with Crippen LogP contribution in [0, 0.1) is 0 Å². The summed E-state index contributed by atoms with van der Waals surface area (Å²) in [5.41, 5.74) is 3.38. The van der Waals surface area contributed by atoms with Crippen LogP contribution in [-0.4, -0.2) is 53.5 Å². The summed E-state index contributed by atoms with van der Waals surface area (Å²) in [4.78, 5) is 12.9. The van der Waals surface area contributed by atoms with Gasteiger partial charge >= 0.3 is 0 Å². The Morgan fingerprint density at radius 2 is 1.64 bits per heavy atom. The molecule has 0 fully saturated rings. The quantitative estimate of drug-likeness (QED) is 0.767. The van der Waals surface area contributed by atoms with E-state index in [2.05, 4.69) is 9.82 Å². The van der Waals surface area contributed by atoms with Crippen LogP contribution in [0.15, 0.2) is 45.7 Å². The van der Waals surface area contributed by atoms with Gasteiger partial charge in [-0.25, -0.2) is 0 Å². The molecule has 1 amide bonds. The Balaban J connectivity index is 1.91. The molecule has 148 valence electrons. The largest absolute Gasteiger partial charge is 0.493 e. The number of amides is 1. The average Bonchev–Trinajstić information content (AvgIpc) is 2.96. The molecule has 9 nitrogen and oxygen atoms in total. The Bertz CT molecular complexity index is 1040. The number of rotatable bonds is 4. The Kier molecular flexibility index (Phi) is 5.14. The van der Waals surface area contributed by atoms with Crippen molar-refractivity contribution < 1.29 is 27.4 Å². The summed E-state index contributed by atoms with van der Waals surface area (Å²) >= 11 is 0. The molecule has 1 heterocycles. The summed E-state index contributed by atoms with van der Waals surface area (Å²) in [5, 5.41) is 1.14. The van der Waals surface area contributed by atoms with Gasteiger partial charge in [0.05, 0.1) is 21.3 Å². The van der Waals surface area contributed by atoms with E-state index in [1.807, 2.05) is 0 Å². The third-order valence-electron chi connectivity index (χ3n) is 4.12. The van der Waals surface area contributed by atoms with Crippen LogP contribution >= 0.6 is 0 Å². The Morgan fingerprint density at radius 1 is 1.04 bits per heavy atom. The van der Waals surface area contributed by atoms with Gasteiger partial charge in [0.2, 0.25) is 5.75 Å². The van der Waals surface area contributed by atoms with Gasteiger partial charge in [-0.3, -0.25) is 15.2 Å². The topological polar surface area (TPSA) is 107 Å². The monoisotopic (exact) mass is 405 g/mol. The fourth-order valence-electron chi connectivity index (χ4n) is 2.79. The molecule has 2 aromatic carbocycles. The van der Waals surface area contributed by atoms with Crippen molar-refractivity contribution in [1.82, 2.24) is 10.4 Å². The molecule has 0 radical (unpaired) electrons. The summed E-state index contributed by atoms with van der Waals surface area (Å²) in [7, 11) is 2.03. The zero-order valence-corrected chi connectivity index (χ0v) is 16.5.